The quantitative estimate of drug-likeness (QED) is 0.549. The Bertz CT molecular complexity index is 303. The molecule has 1 aromatic carbocycles. The molecule has 0 fully saturated rings. The van der Waals surface area contributed by atoms with Gasteiger partial charge < -0.3 is 5.43 Å². The summed E-state index contributed by atoms with van der Waals surface area (Å²) in [6.45, 7) is 0. The van der Waals surface area contributed by atoms with E-state index < -0.39 is 0 Å². The summed E-state index contributed by atoms with van der Waals surface area (Å²) in [5.74, 6) is 5.17. The van der Waals surface area contributed by atoms with Crippen LogP contribution in [-0.4, -0.2) is 0 Å². The van der Waals surface area contributed by atoms with Crippen LogP contribution in [0.4, 0.5) is 5.69 Å². The Morgan fingerprint density at radius 3 is 2.73 bits per heavy atom. The van der Waals surface area contributed by atoms with Crippen molar-refractivity contribution in [2.45, 2.75) is 0 Å². The maximum absolute atomic E-state index is 8.65. The van der Waals surface area contributed by atoms with E-state index >= 15 is 0 Å². The fourth-order valence-electron chi connectivity index (χ4n) is 0.758. The van der Waals surface area contributed by atoms with Crippen molar-refractivity contribution in [3.8, 4) is 6.07 Å². The molecule has 0 aliphatic heterocycles. The number of anilines is 1. The minimum Gasteiger partial charge on any atom is -0.323 e. The molecule has 0 bridgehead atoms. The number of benzene rings is 1. The number of rotatable bonds is 1. The number of nitrogens with two attached hydrogens (primary N) is 1. The lowest BCUT2D eigenvalue weighted by Gasteiger charge is -2.02. The fraction of sp³-hybridized carbons (Fsp3) is 0. The molecule has 56 valence electrons. The van der Waals surface area contributed by atoms with E-state index in [1.54, 1.807) is 18.2 Å². The second kappa shape index (κ2) is 3.37. The molecule has 1 aromatic rings. The molecule has 0 aliphatic carbocycles. The highest BCUT2D eigenvalue weighted by Crippen LogP contribution is 2.22. The summed E-state index contributed by atoms with van der Waals surface area (Å²) < 4.78 is 0.746. The first-order valence-corrected chi connectivity index (χ1v) is 3.74. The van der Waals surface area contributed by atoms with Crippen molar-refractivity contribution in [2.24, 2.45) is 5.84 Å². The predicted octanol–water partition coefficient (Wildman–Crippen LogP) is 1.61. The SMILES string of the molecule is N#Cc1c(Br)cccc1NN. The fourth-order valence-corrected chi connectivity index (χ4v) is 1.21. The maximum atomic E-state index is 8.65. The van der Waals surface area contributed by atoms with Crippen LogP contribution in [0.25, 0.3) is 0 Å². The zero-order chi connectivity index (χ0) is 8.27. The molecule has 0 unspecified atom stereocenters. The largest absolute Gasteiger partial charge is 0.323 e. The van der Waals surface area contributed by atoms with Gasteiger partial charge in [-0.25, -0.2) is 0 Å². The minimum absolute atomic E-state index is 0.523. The van der Waals surface area contributed by atoms with Crippen LogP contribution in [-0.2, 0) is 0 Å². The number of hydrogen-bond donors (Lipinski definition) is 2. The summed E-state index contributed by atoms with van der Waals surface area (Å²) in [4.78, 5) is 0. The average molecular weight is 212 g/mol. The molecule has 0 amide bonds. The lowest BCUT2D eigenvalue weighted by molar-refractivity contribution is 1.33. The number of halogens is 1. The van der Waals surface area contributed by atoms with Crippen molar-refractivity contribution < 1.29 is 0 Å². The Kier molecular flexibility index (Phi) is 2.47. The van der Waals surface area contributed by atoms with Crippen LogP contribution in [0.5, 0.6) is 0 Å². The molecule has 0 atom stereocenters. The molecule has 0 aliphatic rings. The normalized spacial score (nSPS) is 8.82. The summed E-state index contributed by atoms with van der Waals surface area (Å²) in [7, 11) is 0. The van der Waals surface area contributed by atoms with E-state index in [0.29, 0.717) is 11.3 Å². The van der Waals surface area contributed by atoms with Crippen molar-refractivity contribution in [2.75, 3.05) is 5.43 Å². The van der Waals surface area contributed by atoms with Gasteiger partial charge >= 0.3 is 0 Å². The van der Waals surface area contributed by atoms with Gasteiger partial charge in [-0.1, -0.05) is 6.07 Å². The van der Waals surface area contributed by atoms with Gasteiger partial charge in [-0.3, -0.25) is 5.84 Å². The highest BCUT2D eigenvalue weighted by molar-refractivity contribution is 9.10. The van der Waals surface area contributed by atoms with Gasteiger partial charge in [-0.05, 0) is 28.1 Å². The second-order valence-electron chi connectivity index (χ2n) is 1.92. The first-order chi connectivity index (χ1) is 5.29. The number of hydrogen-bond acceptors (Lipinski definition) is 3. The topological polar surface area (TPSA) is 61.8 Å². The maximum Gasteiger partial charge on any atom is 0.103 e. The zero-order valence-electron chi connectivity index (χ0n) is 5.63. The van der Waals surface area contributed by atoms with Crippen molar-refractivity contribution in [3.05, 3.63) is 28.2 Å². The summed E-state index contributed by atoms with van der Waals surface area (Å²) in [5, 5.41) is 8.65. The first-order valence-electron chi connectivity index (χ1n) is 2.95. The van der Waals surface area contributed by atoms with Crippen LogP contribution < -0.4 is 11.3 Å². The van der Waals surface area contributed by atoms with Crippen LogP contribution in [0.3, 0.4) is 0 Å². The van der Waals surface area contributed by atoms with Gasteiger partial charge in [0.05, 0.1) is 11.3 Å². The van der Waals surface area contributed by atoms with E-state index in [2.05, 4.69) is 21.4 Å². The van der Waals surface area contributed by atoms with Crippen molar-refractivity contribution in [1.82, 2.24) is 0 Å². The molecule has 1 rings (SSSR count). The summed E-state index contributed by atoms with van der Waals surface area (Å²) in [6, 6.07) is 7.36. The van der Waals surface area contributed by atoms with Gasteiger partial charge in [0.1, 0.15) is 6.07 Å². The van der Waals surface area contributed by atoms with Crippen LogP contribution >= 0.6 is 15.9 Å². The van der Waals surface area contributed by atoms with E-state index in [1.165, 1.54) is 0 Å². The van der Waals surface area contributed by atoms with Gasteiger partial charge in [-0.2, -0.15) is 5.26 Å². The highest BCUT2D eigenvalue weighted by Gasteiger charge is 2.02. The highest BCUT2D eigenvalue weighted by atomic mass is 79.9. The Morgan fingerprint density at radius 1 is 1.55 bits per heavy atom. The zero-order valence-corrected chi connectivity index (χ0v) is 7.22. The smallest absolute Gasteiger partial charge is 0.103 e. The van der Waals surface area contributed by atoms with E-state index in [1.807, 2.05) is 6.07 Å². The molecule has 0 spiro atoms. The summed E-state index contributed by atoms with van der Waals surface area (Å²) >= 11 is 3.23. The van der Waals surface area contributed by atoms with Gasteiger partial charge in [0.2, 0.25) is 0 Å². The summed E-state index contributed by atoms with van der Waals surface area (Å²) in [5.41, 5.74) is 3.58. The second-order valence-corrected chi connectivity index (χ2v) is 2.77. The third kappa shape index (κ3) is 1.50. The number of nitrogens with zero attached hydrogens (tertiary/aromatic N) is 1. The van der Waals surface area contributed by atoms with Gasteiger partial charge in [0.15, 0.2) is 0 Å². The van der Waals surface area contributed by atoms with E-state index in [4.69, 9.17) is 11.1 Å². The molecule has 0 aromatic heterocycles. The third-order valence-corrected chi connectivity index (χ3v) is 1.94. The number of nitriles is 1. The Morgan fingerprint density at radius 2 is 2.27 bits per heavy atom. The molecule has 3 N–H and O–H groups in total. The number of hydrazine groups is 1. The third-order valence-electron chi connectivity index (χ3n) is 1.28. The lowest BCUT2D eigenvalue weighted by Crippen LogP contribution is -2.08. The van der Waals surface area contributed by atoms with Crippen LogP contribution in [0, 0.1) is 11.3 Å². The van der Waals surface area contributed by atoms with Crippen LogP contribution in [0.1, 0.15) is 5.56 Å². The molecule has 0 heterocycles. The molecule has 0 saturated heterocycles. The molecule has 3 nitrogen and oxygen atoms in total. The predicted molar refractivity (Wildman–Crippen MR) is 46.7 cm³/mol. The minimum atomic E-state index is 0.523. The number of nitrogen functional groups attached to an aromatic ring is 1. The van der Waals surface area contributed by atoms with Crippen molar-refractivity contribution >= 4 is 21.6 Å². The molecular formula is C7H6BrN3. The first kappa shape index (κ1) is 8.05. The Balaban J connectivity index is 3.27. The van der Waals surface area contributed by atoms with Crippen molar-refractivity contribution in [1.29, 1.82) is 5.26 Å². The van der Waals surface area contributed by atoms with E-state index in [0.717, 1.165) is 4.47 Å². The molecule has 4 heteroatoms. The lowest BCUT2D eigenvalue weighted by atomic mass is 10.2. The molecule has 0 radical (unpaired) electrons. The van der Waals surface area contributed by atoms with Gasteiger partial charge in [-0.15, -0.1) is 0 Å². The van der Waals surface area contributed by atoms with Gasteiger partial charge in [0.25, 0.3) is 0 Å². The summed E-state index contributed by atoms with van der Waals surface area (Å²) in [6.07, 6.45) is 0. The average Bonchev–Trinajstić information content (AvgIpc) is 2.04. The van der Waals surface area contributed by atoms with Crippen LogP contribution in [0.15, 0.2) is 22.7 Å². The molecular weight excluding hydrogens is 206 g/mol. The van der Waals surface area contributed by atoms with Crippen molar-refractivity contribution in [3.63, 3.8) is 0 Å². The Hall–Kier alpha value is -1.05. The monoisotopic (exact) mass is 211 g/mol. The van der Waals surface area contributed by atoms with Gasteiger partial charge in [0, 0.05) is 4.47 Å². The Labute approximate surface area is 72.9 Å². The number of nitrogens with one attached hydrogen (secondary N) is 1. The van der Waals surface area contributed by atoms with E-state index in [-0.39, 0.29) is 0 Å². The standard InChI is InChI=1S/C7H6BrN3/c8-6-2-1-3-7(11-10)5(6)4-9/h1-3,11H,10H2. The molecule has 11 heavy (non-hydrogen) atoms. The van der Waals surface area contributed by atoms with Crippen LogP contribution in [0.2, 0.25) is 0 Å². The van der Waals surface area contributed by atoms with E-state index in [9.17, 15) is 0 Å². The molecule has 0 saturated carbocycles.